The van der Waals surface area contributed by atoms with Crippen LogP contribution in [0.25, 0.3) is 0 Å². The standard InChI is InChI=1S/C11H15N3O3/c1-8-7-17-12-10(8)11(16)14-5-3-13(4-6-14)9(2)15/h7H,3-6H2,1-2H3. The van der Waals surface area contributed by atoms with Crippen molar-refractivity contribution < 1.29 is 14.1 Å². The first-order chi connectivity index (χ1) is 8.09. The van der Waals surface area contributed by atoms with Gasteiger partial charge in [0, 0.05) is 38.7 Å². The van der Waals surface area contributed by atoms with Gasteiger partial charge in [0.25, 0.3) is 5.91 Å². The van der Waals surface area contributed by atoms with Crippen LogP contribution in [0.1, 0.15) is 23.0 Å². The van der Waals surface area contributed by atoms with Gasteiger partial charge in [-0.2, -0.15) is 0 Å². The van der Waals surface area contributed by atoms with E-state index in [9.17, 15) is 9.59 Å². The highest BCUT2D eigenvalue weighted by Gasteiger charge is 2.25. The lowest BCUT2D eigenvalue weighted by Gasteiger charge is -2.33. The molecule has 0 spiro atoms. The first-order valence-corrected chi connectivity index (χ1v) is 5.55. The van der Waals surface area contributed by atoms with Gasteiger partial charge in [0.1, 0.15) is 6.26 Å². The average Bonchev–Trinajstić information content (AvgIpc) is 2.74. The zero-order chi connectivity index (χ0) is 12.4. The Labute approximate surface area is 99.2 Å². The van der Waals surface area contributed by atoms with E-state index in [4.69, 9.17) is 4.52 Å². The van der Waals surface area contributed by atoms with E-state index in [-0.39, 0.29) is 11.8 Å². The van der Waals surface area contributed by atoms with Crippen LogP contribution in [0.15, 0.2) is 10.8 Å². The van der Waals surface area contributed by atoms with E-state index < -0.39 is 0 Å². The van der Waals surface area contributed by atoms with E-state index in [1.54, 1.807) is 23.6 Å². The van der Waals surface area contributed by atoms with Gasteiger partial charge < -0.3 is 14.3 Å². The number of carbonyl (C=O) groups excluding carboxylic acids is 2. The highest BCUT2D eigenvalue weighted by molar-refractivity contribution is 5.93. The monoisotopic (exact) mass is 237 g/mol. The molecule has 2 heterocycles. The van der Waals surface area contributed by atoms with E-state index in [2.05, 4.69) is 5.16 Å². The molecular weight excluding hydrogens is 222 g/mol. The molecule has 92 valence electrons. The van der Waals surface area contributed by atoms with Crippen molar-refractivity contribution in [1.29, 1.82) is 0 Å². The Morgan fingerprint density at radius 3 is 2.29 bits per heavy atom. The molecular formula is C11H15N3O3. The lowest BCUT2D eigenvalue weighted by Crippen LogP contribution is -2.50. The van der Waals surface area contributed by atoms with Gasteiger partial charge in [-0.1, -0.05) is 5.16 Å². The molecule has 0 radical (unpaired) electrons. The van der Waals surface area contributed by atoms with Crippen LogP contribution in [0, 0.1) is 6.92 Å². The van der Waals surface area contributed by atoms with Gasteiger partial charge in [-0.3, -0.25) is 9.59 Å². The van der Waals surface area contributed by atoms with Gasteiger partial charge >= 0.3 is 0 Å². The predicted octanol–water partition coefficient (Wildman–Crippen LogP) is 0.287. The Morgan fingerprint density at radius 1 is 1.24 bits per heavy atom. The maximum absolute atomic E-state index is 12.1. The molecule has 1 aliphatic heterocycles. The summed E-state index contributed by atoms with van der Waals surface area (Å²) in [6, 6.07) is 0. The molecule has 1 aliphatic rings. The SMILES string of the molecule is CC(=O)N1CCN(C(=O)c2nocc2C)CC1. The summed E-state index contributed by atoms with van der Waals surface area (Å²) in [6.45, 7) is 5.58. The molecule has 2 amide bonds. The Kier molecular flexibility index (Phi) is 3.12. The van der Waals surface area contributed by atoms with Crippen molar-refractivity contribution in [2.45, 2.75) is 13.8 Å². The van der Waals surface area contributed by atoms with E-state index >= 15 is 0 Å². The third kappa shape index (κ3) is 2.30. The maximum atomic E-state index is 12.1. The van der Waals surface area contributed by atoms with Crippen LogP contribution in [0.5, 0.6) is 0 Å². The second-order valence-electron chi connectivity index (χ2n) is 4.14. The normalized spacial score (nSPS) is 16.1. The Morgan fingerprint density at radius 2 is 1.82 bits per heavy atom. The fourth-order valence-electron chi connectivity index (χ4n) is 1.87. The number of hydrogen-bond acceptors (Lipinski definition) is 4. The predicted molar refractivity (Wildman–Crippen MR) is 59.4 cm³/mol. The third-order valence-electron chi connectivity index (χ3n) is 2.96. The summed E-state index contributed by atoms with van der Waals surface area (Å²) >= 11 is 0. The zero-order valence-corrected chi connectivity index (χ0v) is 9.97. The summed E-state index contributed by atoms with van der Waals surface area (Å²) in [5.74, 6) is -0.0748. The van der Waals surface area contributed by atoms with E-state index in [1.165, 1.54) is 6.26 Å². The molecule has 2 rings (SSSR count). The van der Waals surface area contributed by atoms with Gasteiger partial charge in [-0.25, -0.2) is 0 Å². The van der Waals surface area contributed by atoms with Crippen LogP contribution >= 0.6 is 0 Å². The summed E-state index contributed by atoms with van der Waals surface area (Å²) in [4.78, 5) is 26.6. The van der Waals surface area contributed by atoms with Crippen LogP contribution in [-0.2, 0) is 4.79 Å². The van der Waals surface area contributed by atoms with Crippen molar-refractivity contribution in [2.24, 2.45) is 0 Å². The molecule has 0 bridgehead atoms. The quantitative estimate of drug-likeness (QED) is 0.704. The van der Waals surface area contributed by atoms with Crippen molar-refractivity contribution >= 4 is 11.8 Å². The van der Waals surface area contributed by atoms with Gasteiger partial charge in [0.2, 0.25) is 5.91 Å². The molecule has 1 aromatic heterocycles. The molecule has 0 N–H and O–H groups in total. The average molecular weight is 237 g/mol. The van der Waals surface area contributed by atoms with Crippen LogP contribution < -0.4 is 0 Å². The highest BCUT2D eigenvalue weighted by atomic mass is 16.5. The van der Waals surface area contributed by atoms with Crippen molar-refractivity contribution in [1.82, 2.24) is 15.0 Å². The fraction of sp³-hybridized carbons (Fsp3) is 0.545. The molecule has 0 aromatic carbocycles. The first kappa shape index (κ1) is 11.6. The lowest BCUT2D eigenvalue weighted by molar-refractivity contribution is -0.130. The highest BCUT2D eigenvalue weighted by Crippen LogP contribution is 2.11. The van der Waals surface area contributed by atoms with E-state index in [0.29, 0.717) is 31.9 Å². The van der Waals surface area contributed by atoms with Gasteiger partial charge in [-0.15, -0.1) is 0 Å². The number of amides is 2. The van der Waals surface area contributed by atoms with Gasteiger partial charge in [0.15, 0.2) is 5.69 Å². The number of aryl methyl sites for hydroxylation is 1. The number of piperazine rings is 1. The van der Waals surface area contributed by atoms with E-state index in [1.807, 2.05) is 0 Å². The molecule has 1 fully saturated rings. The Balaban J connectivity index is 2.00. The van der Waals surface area contributed by atoms with Crippen LogP contribution in [0.4, 0.5) is 0 Å². The third-order valence-corrected chi connectivity index (χ3v) is 2.96. The summed E-state index contributed by atoms with van der Waals surface area (Å²) < 4.78 is 4.75. The number of carbonyl (C=O) groups is 2. The number of rotatable bonds is 1. The molecule has 1 aromatic rings. The van der Waals surface area contributed by atoms with Crippen molar-refractivity contribution in [2.75, 3.05) is 26.2 Å². The number of aromatic nitrogens is 1. The van der Waals surface area contributed by atoms with Crippen molar-refractivity contribution in [3.63, 3.8) is 0 Å². The minimum absolute atomic E-state index is 0.0507. The molecule has 0 atom stereocenters. The molecule has 0 unspecified atom stereocenters. The number of nitrogens with zero attached hydrogens (tertiary/aromatic N) is 3. The second kappa shape index (κ2) is 4.57. The number of hydrogen-bond donors (Lipinski definition) is 0. The summed E-state index contributed by atoms with van der Waals surface area (Å²) in [5.41, 5.74) is 1.10. The molecule has 0 aliphatic carbocycles. The Hall–Kier alpha value is -1.85. The minimum atomic E-state index is -0.126. The van der Waals surface area contributed by atoms with Crippen molar-refractivity contribution in [3.8, 4) is 0 Å². The summed E-state index contributed by atoms with van der Waals surface area (Å²) in [6.07, 6.45) is 1.46. The molecule has 6 nitrogen and oxygen atoms in total. The minimum Gasteiger partial charge on any atom is -0.364 e. The Bertz CT molecular complexity index is 433. The zero-order valence-electron chi connectivity index (χ0n) is 9.97. The molecule has 17 heavy (non-hydrogen) atoms. The van der Waals surface area contributed by atoms with Gasteiger partial charge in [-0.05, 0) is 6.92 Å². The largest absolute Gasteiger partial charge is 0.364 e. The summed E-state index contributed by atoms with van der Waals surface area (Å²) in [7, 11) is 0. The molecule has 1 saturated heterocycles. The topological polar surface area (TPSA) is 66.7 Å². The lowest BCUT2D eigenvalue weighted by atomic mass is 10.2. The van der Waals surface area contributed by atoms with Crippen LogP contribution in [-0.4, -0.2) is 52.9 Å². The first-order valence-electron chi connectivity index (χ1n) is 5.55. The summed E-state index contributed by atoms with van der Waals surface area (Å²) in [5, 5.41) is 3.70. The second-order valence-corrected chi connectivity index (χ2v) is 4.14. The van der Waals surface area contributed by atoms with Crippen LogP contribution in [0.3, 0.4) is 0 Å². The van der Waals surface area contributed by atoms with Crippen molar-refractivity contribution in [3.05, 3.63) is 17.5 Å². The fourth-order valence-corrected chi connectivity index (χ4v) is 1.87. The molecule has 6 heteroatoms. The smallest absolute Gasteiger partial charge is 0.276 e. The van der Waals surface area contributed by atoms with E-state index in [0.717, 1.165) is 5.56 Å². The van der Waals surface area contributed by atoms with Gasteiger partial charge in [0.05, 0.1) is 0 Å². The molecule has 0 saturated carbocycles. The maximum Gasteiger partial charge on any atom is 0.276 e. The van der Waals surface area contributed by atoms with Crippen LogP contribution in [0.2, 0.25) is 0 Å².